The van der Waals surface area contributed by atoms with Crippen LogP contribution >= 0.6 is 0 Å². The molecule has 0 spiro atoms. The molecule has 0 radical (unpaired) electrons. The Labute approximate surface area is 110 Å². The summed E-state index contributed by atoms with van der Waals surface area (Å²) in [5, 5.41) is 23.0. The van der Waals surface area contributed by atoms with E-state index in [0.29, 0.717) is 6.54 Å². The lowest BCUT2D eigenvalue weighted by Gasteiger charge is -2.09. The van der Waals surface area contributed by atoms with Gasteiger partial charge < -0.3 is 10.4 Å². The summed E-state index contributed by atoms with van der Waals surface area (Å²) in [6, 6.07) is 11.6. The first-order valence-corrected chi connectivity index (χ1v) is 5.83. The molecule has 0 fully saturated rings. The Hall–Kier alpha value is -2.56. The van der Waals surface area contributed by atoms with E-state index in [9.17, 15) is 15.2 Å². The maximum absolute atomic E-state index is 10.6. The third kappa shape index (κ3) is 3.22. The summed E-state index contributed by atoms with van der Waals surface area (Å²) in [5.41, 5.74) is 2.80. The number of phenols is 1. The summed E-state index contributed by atoms with van der Waals surface area (Å²) >= 11 is 0. The predicted octanol–water partition coefficient (Wildman–Crippen LogP) is 3.22. The molecule has 2 aromatic carbocycles. The number of aryl methyl sites for hydroxylation is 1. The van der Waals surface area contributed by atoms with Crippen LogP contribution in [0.4, 0.5) is 11.4 Å². The largest absolute Gasteiger partial charge is 0.508 e. The van der Waals surface area contributed by atoms with E-state index in [1.54, 1.807) is 24.3 Å². The molecule has 0 atom stereocenters. The Morgan fingerprint density at radius 3 is 2.47 bits per heavy atom. The van der Waals surface area contributed by atoms with Gasteiger partial charge in [0.2, 0.25) is 0 Å². The van der Waals surface area contributed by atoms with Gasteiger partial charge in [-0.15, -0.1) is 0 Å². The van der Waals surface area contributed by atoms with Gasteiger partial charge in [0.25, 0.3) is 5.69 Å². The highest BCUT2D eigenvalue weighted by atomic mass is 16.6. The molecule has 0 aliphatic rings. The summed E-state index contributed by atoms with van der Waals surface area (Å²) < 4.78 is 0. The predicted molar refractivity (Wildman–Crippen MR) is 73.3 cm³/mol. The third-order valence-electron chi connectivity index (χ3n) is 2.84. The van der Waals surface area contributed by atoms with E-state index in [2.05, 4.69) is 5.32 Å². The van der Waals surface area contributed by atoms with Crippen molar-refractivity contribution >= 4 is 11.4 Å². The molecular formula is C14H14N2O3. The van der Waals surface area contributed by atoms with Crippen LogP contribution in [0.3, 0.4) is 0 Å². The molecule has 0 unspecified atom stereocenters. The van der Waals surface area contributed by atoms with Crippen LogP contribution in [0.5, 0.6) is 5.75 Å². The van der Waals surface area contributed by atoms with Crippen LogP contribution in [0.2, 0.25) is 0 Å². The Kier molecular flexibility index (Phi) is 3.66. The highest BCUT2D eigenvalue weighted by Crippen LogP contribution is 2.22. The quantitative estimate of drug-likeness (QED) is 0.652. The zero-order valence-electron chi connectivity index (χ0n) is 10.5. The van der Waals surface area contributed by atoms with E-state index in [0.717, 1.165) is 16.8 Å². The highest BCUT2D eigenvalue weighted by Gasteiger charge is 2.07. The number of nitrogens with zero attached hydrogens (tertiary/aromatic N) is 1. The van der Waals surface area contributed by atoms with Gasteiger partial charge in [-0.1, -0.05) is 12.1 Å². The second kappa shape index (κ2) is 5.39. The Balaban J connectivity index is 2.07. The SMILES string of the molecule is Cc1cc([N+](=O)[O-])ccc1NCc1ccc(O)cc1. The van der Waals surface area contributed by atoms with Crippen molar-refractivity contribution in [3.05, 3.63) is 63.7 Å². The normalized spacial score (nSPS) is 10.2. The lowest BCUT2D eigenvalue weighted by atomic mass is 10.1. The number of aromatic hydroxyl groups is 1. The Morgan fingerprint density at radius 2 is 1.89 bits per heavy atom. The minimum absolute atomic E-state index is 0.0904. The summed E-state index contributed by atoms with van der Waals surface area (Å²) in [5.74, 6) is 0.232. The minimum atomic E-state index is -0.406. The Morgan fingerprint density at radius 1 is 1.21 bits per heavy atom. The minimum Gasteiger partial charge on any atom is -0.508 e. The number of nitro benzene ring substituents is 1. The van der Waals surface area contributed by atoms with Crippen molar-refractivity contribution in [1.29, 1.82) is 0 Å². The molecule has 5 heteroatoms. The highest BCUT2D eigenvalue weighted by molar-refractivity contribution is 5.55. The molecule has 0 heterocycles. The first-order valence-electron chi connectivity index (χ1n) is 5.83. The van der Waals surface area contributed by atoms with Crippen LogP contribution in [0.15, 0.2) is 42.5 Å². The van der Waals surface area contributed by atoms with Gasteiger partial charge in [0, 0.05) is 24.4 Å². The number of nitro groups is 1. The topological polar surface area (TPSA) is 75.4 Å². The fraction of sp³-hybridized carbons (Fsp3) is 0.143. The van der Waals surface area contributed by atoms with E-state index in [1.807, 2.05) is 19.1 Å². The molecule has 0 amide bonds. The van der Waals surface area contributed by atoms with Crippen molar-refractivity contribution in [2.24, 2.45) is 0 Å². The molecule has 2 aromatic rings. The van der Waals surface area contributed by atoms with Crippen molar-refractivity contribution in [3.8, 4) is 5.75 Å². The molecule has 0 saturated carbocycles. The van der Waals surface area contributed by atoms with Crippen LogP contribution in [-0.2, 0) is 6.54 Å². The van der Waals surface area contributed by atoms with Crippen LogP contribution in [-0.4, -0.2) is 10.0 Å². The van der Waals surface area contributed by atoms with Crippen molar-refractivity contribution < 1.29 is 10.0 Å². The summed E-state index contributed by atoms with van der Waals surface area (Å²) in [6.45, 7) is 2.42. The molecule has 5 nitrogen and oxygen atoms in total. The molecule has 0 aliphatic heterocycles. The number of phenolic OH excluding ortho intramolecular Hbond substituents is 1. The van der Waals surface area contributed by atoms with Crippen molar-refractivity contribution in [2.75, 3.05) is 5.32 Å². The number of nitrogens with one attached hydrogen (secondary N) is 1. The van der Waals surface area contributed by atoms with E-state index < -0.39 is 4.92 Å². The van der Waals surface area contributed by atoms with Gasteiger partial charge in [0.1, 0.15) is 5.75 Å². The van der Waals surface area contributed by atoms with Gasteiger partial charge >= 0.3 is 0 Å². The molecule has 0 saturated heterocycles. The Bertz CT molecular complexity index is 594. The molecule has 0 aromatic heterocycles. The zero-order valence-corrected chi connectivity index (χ0v) is 10.5. The lowest BCUT2D eigenvalue weighted by molar-refractivity contribution is -0.384. The second-order valence-corrected chi connectivity index (χ2v) is 4.28. The summed E-state index contributed by atoms with van der Waals surface area (Å²) in [7, 11) is 0. The maximum atomic E-state index is 10.6. The van der Waals surface area contributed by atoms with Gasteiger partial charge in [-0.3, -0.25) is 10.1 Å². The van der Waals surface area contributed by atoms with E-state index >= 15 is 0 Å². The first kappa shape index (κ1) is 12.9. The fourth-order valence-electron chi connectivity index (χ4n) is 1.77. The smallest absolute Gasteiger partial charge is 0.269 e. The monoisotopic (exact) mass is 258 g/mol. The van der Waals surface area contributed by atoms with E-state index in [-0.39, 0.29) is 11.4 Å². The molecule has 2 N–H and O–H groups in total. The molecular weight excluding hydrogens is 244 g/mol. The first-order chi connectivity index (χ1) is 9.06. The number of benzene rings is 2. The number of anilines is 1. The van der Waals surface area contributed by atoms with Crippen LogP contribution < -0.4 is 5.32 Å². The third-order valence-corrected chi connectivity index (χ3v) is 2.84. The van der Waals surface area contributed by atoms with Gasteiger partial charge in [0.05, 0.1) is 4.92 Å². The summed E-state index contributed by atoms with van der Waals surface area (Å²) in [4.78, 5) is 10.2. The van der Waals surface area contributed by atoms with Gasteiger partial charge in [-0.2, -0.15) is 0 Å². The molecule has 0 bridgehead atoms. The van der Waals surface area contributed by atoms with Crippen molar-refractivity contribution in [1.82, 2.24) is 0 Å². The van der Waals surface area contributed by atoms with E-state index in [4.69, 9.17) is 0 Å². The van der Waals surface area contributed by atoms with Crippen molar-refractivity contribution in [3.63, 3.8) is 0 Å². The van der Waals surface area contributed by atoms with E-state index in [1.165, 1.54) is 6.07 Å². The van der Waals surface area contributed by atoms with Crippen LogP contribution in [0.25, 0.3) is 0 Å². The molecule has 98 valence electrons. The number of non-ortho nitro benzene ring substituents is 1. The maximum Gasteiger partial charge on any atom is 0.269 e. The number of rotatable bonds is 4. The average Bonchev–Trinajstić information content (AvgIpc) is 2.39. The second-order valence-electron chi connectivity index (χ2n) is 4.28. The number of hydrogen-bond acceptors (Lipinski definition) is 4. The summed E-state index contributed by atoms with van der Waals surface area (Å²) in [6.07, 6.45) is 0. The fourth-order valence-corrected chi connectivity index (χ4v) is 1.77. The van der Waals surface area contributed by atoms with Crippen LogP contribution in [0.1, 0.15) is 11.1 Å². The average molecular weight is 258 g/mol. The molecule has 2 rings (SSSR count). The van der Waals surface area contributed by atoms with Crippen LogP contribution in [0, 0.1) is 17.0 Å². The standard InChI is InChI=1S/C14H14N2O3/c1-10-8-12(16(18)19)4-7-14(10)15-9-11-2-5-13(17)6-3-11/h2-8,15,17H,9H2,1H3. The molecule has 0 aliphatic carbocycles. The van der Waals surface area contributed by atoms with Gasteiger partial charge in [-0.25, -0.2) is 0 Å². The van der Waals surface area contributed by atoms with Crippen molar-refractivity contribution in [2.45, 2.75) is 13.5 Å². The van der Waals surface area contributed by atoms with Gasteiger partial charge in [-0.05, 0) is 36.2 Å². The van der Waals surface area contributed by atoms with Gasteiger partial charge in [0.15, 0.2) is 0 Å². The molecule has 19 heavy (non-hydrogen) atoms. The number of hydrogen-bond donors (Lipinski definition) is 2. The lowest BCUT2D eigenvalue weighted by Crippen LogP contribution is -2.01. The zero-order chi connectivity index (χ0) is 13.8.